The van der Waals surface area contributed by atoms with Crippen molar-refractivity contribution in [2.45, 2.75) is 39.7 Å². The molecule has 0 saturated heterocycles. The summed E-state index contributed by atoms with van der Waals surface area (Å²) >= 11 is 5.78. The van der Waals surface area contributed by atoms with Crippen LogP contribution in [0.4, 0.5) is 5.69 Å². The van der Waals surface area contributed by atoms with Crippen molar-refractivity contribution < 1.29 is 9.53 Å². The molecule has 0 aliphatic carbocycles. The van der Waals surface area contributed by atoms with E-state index in [1.807, 2.05) is 13.0 Å². The smallest absolute Gasteiger partial charge is 0.242 e. The number of nitrogens with zero attached hydrogens (tertiary/aromatic N) is 1. The summed E-state index contributed by atoms with van der Waals surface area (Å²) in [7, 11) is 1.65. The van der Waals surface area contributed by atoms with Gasteiger partial charge in [0.15, 0.2) is 0 Å². The molecule has 0 aliphatic heterocycles. The third-order valence-corrected chi connectivity index (χ3v) is 3.72. The van der Waals surface area contributed by atoms with Gasteiger partial charge in [-0.25, -0.2) is 0 Å². The third kappa shape index (κ3) is 3.97. The van der Waals surface area contributed by atoms with E-state index in [2.05, 4.69) is 26.0 Å². The zero-order chi connectivity index (χ0) is 15.1. The van der Waals surface area contributed by atoms with Gasteiger partial charge in [0, 0.05) is 7.11 Å². The summed E-state index contributed by atoms with van der Waals surface area (Å²) in [6.07, 6.45) is 1.74. The molecular weight excluding hydrogens is 274 g/mol. The highest BCUT2D eigenvalue weighted by Gasteiger charge is 2.22. The number of amides is 1. The maximum atomic E-state index is 12.2. The Morgan fingerprint density at radius 2 is 1.85 bits per heavy atom. The largest absolute Gasteiger partial charge is 0.380 e. The molecule has 3 nitrogen and oxygen atoms in total. The second kappa shape index (κ2) is 8.28. The molecule has 0 saturated carbocycles. The van der Waals surface area contributed by atoms with Crippen LogP contribution in [0.25, 0.3) is 0 Å². The van der Waals surface area contributed by atoms with Crippen molar-refractivity contribution >= 4 is 23.2 Å². The lowest BCUT2D eigenvalue weighted by molar-refractivity contribution is -0.116. The van der Waals surface area contributed by atoms with Crippen LogP contribution in [0.15, 0.2) is 18.2 Å². The Hall–Kier alpha value is -1.06. The normalized spacial score (nSPS) is 12.2. The van der Waals surface area contributed by atoms with Gasteiger partial charge in [-0.2, -0.15) is 0 Å². The molecule has 4 heteroatoms. The van der Waals surface area contributed by atoms with Crippen molar-refractivity contribution in [3.63, 3.8) is 0 Å². The van der Waals surface area contributed by atoms with E-state index in [0.29, 0.717) is 6.54 Å². The first kappa shape index (κ1) is 17.0. The van der Waals surface area contributed by atoms with Gasteiger partial charge in [-0.3, -0.25) is 4.79 Å². The van der Waals surface area contributed by atoms with Gasteiger partial charge in [-0.1, -0.05) is 32.0 Å². The van der Waals surface area contributed by atoms with Crippen LogP contribution in [0, 0.1) is 0 Å². The van der Waals surface area contributed by atoms with Gasteiger partial charge in [0.25, 0.3) is 0 Å². The van der Waals surface area contributed by atoms with Crippen LogP contribution in [0.2, 0.25) is 0 Å². The standard InChI is InChI=1S/C16H24ClNO2/c1-5-13-8-7-9-14(6-2)16(13)18(15(19)10-17)11-12(3)20-4/h7-9,12H,5-6,10-11H2,1-4H3. The number of alkyl halides is 1. The minimum Gasteiger partial charge on any atom is -0.380 e. The number of ether oxygens (including phenoxy) is 1. The van der Waals surface area contributed by atoms with Crippen LogP contribution in [0.1, 0.15) is 31.9 Å². The minimum atomic E-state index is -0.0776. The summed E-state index contributed by atoms with van der Waals surface area (Å²) < 4.78 is 5.31. The van der Waals surface area contributed by atoms with Gasteiger partial charge in [-0.15, -0.1) is 11.6 Å². The van der Waals surface area contributed by atoms with Crippen molar-refractivity contribution in [1.29, 1.82) is 0 Å². The molecular formula is C16H24ClNO2. The fraction of sp³-hybridized carbons (Fsp3) is 0.562. The number of rotatable bonds is 7. The fourth-order valence-corrected chi connectivity index (χ4v) is 2.43. The van der Waals surface area contributed by atoms with E-state index in [4.69, 9.17) is 16.3 Å². The van der Waals surface area contributed by atoms with E-state index < -0.39 is 0 Å². The number of carbonyl (C=O) groups excluding carboxylic acids is 1. The van der Waals surface area contributed by atoms with Crippen molar-refractivity contribution in [3.8, 4) is 0 Å². The zero-order valence-corrected chi connectivity index (χ0v) is 13.5. The number of methoxy groups -OCH3 is 1. The predicted octanol–water partition coefficient (Wildman–Crippen LogP) is 3.42. The minimum absolute atomic E-state index is 0.0162. The van der Waals surface area contributed by atoms with E-state index in [-0.39, 0.29) is 17.9 Å². The number of hydrogen-bond donors (Lipinski definition) is 0. The van der Waals surface area contributed by atoms with Crippen LogP contribution in [-0.2, 0) is 22.4 Å². The highest BCUT2D eigenvalue weighted by atomic mass is 35.5. The lowest BCUT2D eigenvalue weighted by atomic mass is 10.0. The van der Waals surface area contributed by atoms with Crippen LogP contribution in [0.3, 0.4) is 0 Å². The van der Waals surface area contributed by atoms with Crippen molar-refractivity contribution in [2.24, 2.45) is 0 Å². The molecule has 0 N–H and O–H groups in total. The molecule has 0 heterocycles. The lowest BCUT2D eigenvalue weighted by Crippen LogP contribution is -2.39. The monoisotopic (exact) mass is 297 g/mol. The summed E-state index contributed by atoms with van der Waals surface area (Å²) in [5, 5.41) is 0. The number of hydrogen-bond acceptors (Lipinski definition) is 2. The zero-order valence-electron chi connectivity index (χ0n) is 12.8. The van der Waals surface area contributed by atoms with Gasteiger partial charge in [0.05, 0.1) is 18.3 Å². The van der Waals surface area contributed by atoms with Gasteiger partial charge >= 0.3 is 0 Å². The first-order chi connectivity index (χ1) is 9.58. The molecule has 0 radical (unpaired) electrons. The van der Waals surface area contributed by atoms with E-state index in [1.165, 1.54) is 11.1 Å². The first-order valence-corrected chi connectivity index (χ1v) is 7.62. The molecule has 1 rings (SSSR count). The van der Waals surface area contributed by atoms with Crippen LogP contribution in [-0.4, -0.2) is 31.5 Å². The Bertz CT molecular complexity index is 426. The van der Waals surface area contributed by atoms with Gasteiger partial charge in [0.2, 0.25) is 5.91 Å². The second-order valence-corrected chi connectivity index (χ2v) is 5.08. The van der Waals surface area contributed by atoms with Crippen molar-refractivity contribution in [3.05, 3.63) is 29.3 Å². The summed E-state index contributed by atoms with van der Waals surface area (Å²) in [5.74, 6) is -0.0939. The van der Waals surface area contributed by atoms with Crippen LogP contribution >= 0.6 is 11.6 Å². The van der Waals surface area contributed by atoms with Crippen LogP contribution in [0.5, 0.6) is 0 Å². The van der Waals surface area contributed by atoms with E-state index >= 15 is 0 Å². The maximum Gasteiger partial charge on any atom is 0.242 e. The molecule has 0 spiro atoms. The summed E-state index contributed by atoms with van der Waals surface area (Å²) in [6.45, 7) is 6.67. The van der Waals surface area contributed by atoms with E-state index in [9.17, 15) is 4.79 Å². The number of aryl methyl sites for hydroxylation is 2. The fourth-order valence-electron chi connectivity index (χ4n) is 2.28. The first-order valence-electron chi connectivity index (χ1n) is 7.08. The molecule has 1 unspecified atom stereocenters. The third-order valence-electron chi connectivity index (χ3n) is 3.49. The highest BCUT2D eigenvalue weighted by molar-refractivity contribution is 6.29. The second-order valence-electron chi connectivity index (χ2n) is 4.82. The Kier molecular flexibility index (Phi) is 7.03. The Morgan fingerprint density at radius 1 is 1.30 bits per heavy atom. The predicted molar refractivity (Wildman–Crippen MR) is 84.7 cm³/mol. The topological polar surface area (TPSA) is 29.5 Å². The summed E-state index contributed by atoms with van der Waals surface area (Å²) in [4.78, 5) is 14.0. The molecule has 20 heavy (non-hydrogen) atoms. The van der Waals surface area contributed by atoms with E-state index in [1.54, 1.807) is 12.0 Å². The molecule has 0 fully saturated rings. The maximum absolute atomic E-state index is 12.2. The Balaban J connectivity index is 3.28. The molecule has 1 atom stereocenters. The van der Waals surface area contributed by atoms with Crippen molar-refractivity contribution in [1.82, 2.24) is 0 Å². The number of carbonyl (C=O) groups is 1. The Morgan fingerprint density at radius 3 is 2.25 bits per heavy atom. The molecule has 1 aromatic carbocycles. The highest BCUT2D eigenvalue weighted by Crippen LogP contribution is 2.27. The molecule has 0 aromatic heterocycles. The van der Waals surface area contributed by atoms with Gasteiger partial charge in [-0.05, 0) is 30.9 Å². The Labute approximate surface area is 126 Å². The molecule has 0 aliphatic rings. The molecule has 112 valence electrons. The molecule has 1 amide bonds. The van der Waals surface area contributed by atoms with Gasteiger partial charge in [0.1, 0.15) is 5.88 Å². The summed E-state index contributed by atoms with van der Waals surface area (Å²) in [5.41, 5.74) is 3.35. The van der Waals surface area contributed by atoms with Crippen molar-refractivity contribution in [2.75, 3.05) is 24.4 Å². The number of halogens is 1. The number of benzene rings is 1. The average Bonchev–Trinajstić information content (AvgIpc) is 2.50. The number of anilines is 1. The molecule has 0 bridgehead atoms. The van der Waals surface area contributed by atoms with Gasteiger partial charge < -0.3 is 9.64 Å². The quantitative estimate of drug-likeness (QED) is 0.722. The van der Waals surface area contributed by atoms with Crippen LogP contribution < -0.4 is 4.90 Å². The average molecular weight is 298 g/mol. The SMILES string of the molecule is CCc1cccc(CC)c1N(CC(C)OC)C(=O)CCl. The molecule has 1 aromatic rings. The number of para-hydroxylation sites is 1. The lowest BCUT2D eigenvalue weighted by Gasteiger charge is -2.29. The van der Waals surface area contributed by atoms with E-state index in [0.717, 1.165) is 18.5 Å². The summed E-state index contributed by atoms with van der Waals surface area (Å²) in [6, 6.07) is 6.19.